The van der Waals surface area contributed by atoms with Gasteiger partial charge in [-0.25, -0.2) is 0 Å². The summed E-state index contributed by atoms with van der Waals surface area (Å²) >= 11 is 1.12. The van der Waals surface area contributed by atoms with E-state index in [1.807, 2.05) is 90.8 Å². The van der Waals surface area contributed by atoms with E-state index in [0.29, 0.717) is 5.57 Å². The SMILES string of the molecule is CN1c2ccccc2C(=C(OP(=O)([O-])[O-])Sc2ccccc2)c2ccccc21.[Na+].[Na+]. The fraction of sp³-hybridized carbons (Fsp3) is 0.0476. The van der Waals surface area contributed by atoms with Gasteiger partial charge in [0.15, 0.2) is 5.09 Å². The van der Waals surface area contributed by atoms with E-state index in [1.54, 1.807) is 0 Å². The Morgan fingerprint density at radius 2 is 1.30 bits per heavy atom. The van der Waals surface area contributed by atoms with E-state index < -0.39 is 7.82 Å². The molecule has 0 saturated heterocycles. The Labute approximate surface area is 224 Å². The van der Waals surface area contributed by atoms with Gasteiger partial charge >= 0.3 is 59.1 Å². The van der Waals surface area contributed by atoms with E-state index in [4.69, 9.17) is 4.52 Å². The molecule has 3 aromatic rings. The topological polar surface area (TPSA) is 75.7 Å². The monoisotopic (exact) mass is 455 g/mol. The fourth-order valence-electron chi connectivity index (χ4n) is 3.26. The molecule has 1 aliphatic rings. The molecule has 0 unspecified atom stereocenters. The minimum absolute atomic E-state index is 0. The van der Waals surface area contributed by atoms with Gasteiger partial charge in [0.2, 0.25) is 0 Å². The maximum absolute atomic E-state index is 11.6. The second-order valence-corrected chi connectivity index (χ2v) is 8.33. The Morgan fingerprint density at radius 1 is 0.833 bits per heavy atom. The molecule has 30 heavy (non-hydrogen) atoms. The van der Waals surface area contributed by atoms with Crippen molar-refractivity contribution in [3.05, 3.63) is 95.1 Å². The first-order chi connectivity index (χ1) is 13.4. The van der Waals surface area contributed by atoms with Crippen LogP contribution in [0.3, 0.4) is 0 Å². The zero-order chi connectivity index (χ0) is 19.7. The molecule has 0 atom stereocenters. The van der Waals surface area contributed by atoms with Gasteiger partial charge in [0.05, 0.1) is 0 Å². The first-order valence-electron chi connectivity index (χ1n) is 8.55. The van der Waals surface area contributed by atoms with Crippen molar-refractivity contribution in [2.24, 2.45) is 0 Å². The number of rotatable bonds is 4. The van der Waals surface area contributed by atoms with Crippen LogP contribution < -0.4 is 73.8 Å². The van der Waals surface area contributed by atoms with E-state index >= 15 is 0 Å². The Bertz CT molecular complexity index is 1060. The van der Waals surface area contributed by atoms with Crippen molar-refractivity contribution in [2.45, 2.75) is 4.90 Å². The third kappa shape index (κ3) is 5.64. The minimum atomic E-state index is -5.26. The largest absolute Gasteiger partial charge is 1.00 e. The van der Waals surface area contributed by atoms with Crippen LogP contribution in [-0.2, 0) is 9.09 Å². The van der Waals surface area contributed by atoms with Crippen LogP contribution >= 0.6 is 19.6 Å². The molecule has 5 nitrogen and oxygen atoms in total. The molecule has 0 amide bonds. The van der Waals surface area contributed by atoms with E-state index in [1.165, 1.54) is 0 Å². The predicted octanol–water partition coefficient (Wildman–Crippen LogP) is -1.87. The number of hydrogen-bond acceptors (Lipinski definition) is 6. The number of benzene rings is 3. The quantitative estimate of drug-likeness (QED) is 0.199. The maximum atomic E-state index is 11.6. The summed E-state index contributed by atoms with van der Waals surface area (Å²) < 4.78 is 16.6. The number of phosphoric acid groups is 1. The van der Waals surface area contributed by atoms with Crippen LogP contribution in [0.1, 0.15) is 11.1 Å². The van der Waals surface area contributed by atoms with Crippen LogP contribution in [0.2, 0.25) is 0 Å². The number of para-hydroxylation sites is 2. The average molecular weight is 455 g/mol. The molecule has 0 radical (unpaired) electrons. The van der Waals surface area contributed by atoms with Gasteiger partial charge in [0, 0.05) is 40.0 Å². The van der Waals surface area contributed by atoms with E-state index in [0.717, 1.165) is 39.2 Å². The molecule has 0 fully saturated rings. The number of phosphoric ester groups is 1. The van der Waals surface area contributed by atoms with Crippen molar-refractivity contribution in [3.8, 4) is 0 Å². The summed E-state index contributed by atoms with van der Waals surface area (Å²) in [5.41, 5.74) is 3.99. The van der Waals surface area contributed by atoms with Crippen LogP contribution in [-0.4, -0.2) is 7.05 Å². The van der Waals surface area contributed by atoms with Crippen molar-refractivity contribution in [2.75, 3.05) is 11.9 Å². The second kappa shape index (κ2) is 10.9. The summed E-state index contributed by atoms with van der Waals surface area (Å²) in [5, 5.41) is 0.0486. The number of fused-ring (bicyclic) bond motifs is 2. The first-order valence-corrected chi connectivity index (χ1v) is 10.8. The van der Waals surface area contributed by atoms with Gasteiger partial charge in [-0.15, -0.1) is 0 Å². The Kier molecular flexibility index (Phi) is 9.35. The van der Waals surface area contributed by atoms with E-state index in [-0.39, 0.29) is 64.2 Å². The molecule has 3 aromatic carbocycles. The van der Waals surface area contributed by atoms with Crippen molar-refractivity contribution >= 4 is 36.5 Å². The number of nitrogens with zero attached hydrogens (tertiary/aromatic N) is 1. The minimum Gasteiger partial charge on any atom is -0.780 e. The molecule has 0 bridgehead atoms. The molecule has 0 aliphatic carbocycles. The van der Waals surface area contributed by atoms with E-state index in [2.05, 4.69) is 0 Å². The van der Waals surface area contributed by atoms with Gasteiger partial charge in [0.25, 0.3) is 0 Å². The summed E-state index contributed by atoms with van der Waals surface area (Å²) in [6, 6.07) is 24.5. The smallest absolute Gasteiger partial charge is 0.780 e. The molecule has 1 heterocycles. The molecule has 142 valence electrons. The molecule has 0 N–H and O–H groups in total. The molecular formula is C21H16NNa2O4PS. The molecule has 1 aliphatic heterocycles. The van der Waals surface area contributed by atoms with Crippen LogP contribution in [0.4, 0.5) is 11.4 Å². The molecule has 9 heteroatoms. The van der Waals surface area contributed by atoms with Crippen LogP contribution in [0.25, 0.3) is 5.57 Å². The van der Waals surface area contributed by atoms with Crippen LogP contribution in [0.15, 0.2) is 88.8 Å². The zero-order valence-electron chi connectivity index (χ0n) is 16.9. The van der Waals surface area contributed by atoms with Crippen molar-refractivity contribution in [1.82, 2.24) is 0 Å². The molecule has 0 spiro atoms. The third-order valence-electron chi connectivity index (χ3n) is 4.42. The Morgan fingerprint density at radius 3 is 1.80 bits per heavy atom. The fourth-order valence-corrected chi connectivity index (χ4v) is 4.81. The first kappa shape index (κ1) is 25.8. The van der Waals surface area contributed by atoms with Crippen molar-refractivity contribution < 1.29 is 78.0 Å². The van der Waals surface area contributed by atoms with E-state index in [9.17, 15) is 14.4 Å². The molecule has 0 aromatic heterocycles. The summed E-state index contributed by atoms with van der Waals surface area (Å²) in [5.74, 6) is 0. The number of thioether (sulfide) groups is 1. The van der Waals surface area contributed by atoms with Crippen LogP contribution in [0.5, 0.6) is 0 Å². The number of anilines is 2. The summed E-state index contributed by atoms with van der Waals surface area (Å²) in [7, 11) is -3.31. The Hall–Kier alpha value is -0.500. The van der Waals surface area contributed by atoms with Gasteiger partial charge < -0.3 is 23.8 Å². The molecular weight excluding hydrogens is 439 g/mol. The normalized spacial score (nSPS) is 12.1. The third-order valence-corrected chi connectivity index (χ3v) is 5.93. The standard InChI is InChI=1S/C21H18NO4PS.2Na/c1-22-18-13-7-5-11-16(18)20(17-12-6-8-14-19(17)22)21(26-27(23,24)25)28-15-9-3-2-4-10-15;;/h2-14H,1H3,(H2,23,24,25);;/q;2*+1/p-2. The van der Waals surface area contributed by atoms with Crippen molar-refractivity contribution in [3.63, 3.8) is 0 Å². The predicted molar refractivity (Wildman–Crippen MR) is 108 cm³/mol. The van der Waals surface area contributed by atoms with Gasteiger partial charge in [-0.2, -0.15) is 0 Å². The van der Waals surface area contributed by atoms with Gasteiger partial charge in [-0.3, -0.25) is 0 Å². The van der Waals surface area contributed by atoms with Crippen LogP contribution in [0, 0.1) is 0 Å². The van der Waals surface area contributed by atoms with Crippen molar-refractivity contribution in [1.29, 1.82) is 0 Å². The maximum Gasteiger partial charge on any atom is 1.00 e. The van der Waals surface area contributed by atoms with Gasteiger partial charge in [-0.1, -0.05) is 66.4 Å². The number of hydrogen-bond donors (Lipinski definition) is 0. The summed E-state index contributed by atoms with van der Waals surface area (Å²) in [6.45, 7) is 0. The summed E-state index contributed by atoms with van der Waals surface area (Å²) in [4.78, 5) is 25.9. The van der Waals surface area contributed by atoms with Gasteiger partial charge in [-0.05, 0) is 24.3 Å². The molecule has 4 rings (SSSR count). The Balaban J connectivity index is 0.00000160. The average Bonchev–Trinajstić information content (AvgIpc) is 2.68. The summed E-state index contributed by atoms with van der Waals surface area (Å²) in [6.07, 6.45) is 0. The molecule has 0 saturated carbocycles. The van der Waals surface area contributed by atoms with Gasteiger partial charge in [0.1, 0.15) is 7.82 Å². The zero-order valence-corrected chi connectivity index (χ0v) is 22.7. The second-order valence-electron chi connectivity index (χ2n) is 6.21.